The number of hydrogen-bond acceptors (Lipinski definition) is 5. The maximum atomic E-state index is 14.2. The minimum Gasteiger partial charge on any atom is -0.345 e. The molecule has 40 heavy (non-hydrogen) atoms. The van der Waals surface area contributed by atoms with Crippen molar-refractivity contribution in [3.63, 3.8) is 0 Å². The number of aromatic amines is 1. The lowest BCUT2D eigenvalue weighted by atomic mass is 10.0. The molecule has 3 N–H and O–H groups in total. The van der Waals surface area contributed by atoms with E-state index in [1.54, 1.807) is 31.2 Å². The van der Waals surface area contributed by atoms with Gasteiger partial charge in [-0.25, -0.2) is 13.8 Å². The van der Waals surface area contributed by atoms with E-state index in [2.05, 4.69) is 20.6 Å². The summed E-state index contributed by atoms with van der Waals surface area (Å²) in [5.41, 5.74) is 1.03. The van der Waals surface area contributed by atoms with Crippen molar-refractivity contribution in [1.29, 1.82) is 0 Å². The maximum absolute atomic E-state index is 14.2. The molecule has 1 aliphatic heterocycles. The Hall–Kier alpha value is -3.92. The van der Waals surface area contributed by atoms with Crippen LogP contribution in [0.25, 0.3) is 11.3 Å². The largest absolute Gasteiger partial charge is 0.345 e. The van der Waals surface area contributed by atoms with Crippen LogP contribution in [0.2, 0.25) is 0 Å². The molecule has 10 heteroatoms. The fraction of sp³-hybridized carbons (Fsp3) is 0.400. The van der Waals surface area contributed by atoms with Crippen LogP contribution in [0.4, 0.5) is 8.78 Å². The SMILES string of the molecule is C[C@H](NC(=O)[C@H](CCC(=O)N1CCCC[C@@H]1C)NCC(=O)c1ccccc1)c1ncc(-c2ccc(F)cc2F)[nH]1. The van der Waals surface area contributed by atoms with Gasteiger partial charge in [-0.3, -0.25) is 19.7 Å². The van der Waals surface area contributed by atoms with Gasteiger partial charge in [0, 0.05) is 36.2 Å². The molecule has 2 aromatic carbocycles. The Morgan fingerprint density at radius 2 is 1.90 bits per heavy atom. The molecule has 0 aliphatic carbocycles. The van der Waals surface area contributed by atoms with Crippen LogP contribution < -0.4 is 10.6 Å². The van der Waals surface area contributed by atoms with E-state index in [0.717, 1.165) is 31.4 Å². The number of halogens is 2. The first-order valence-corrected chi connectivity index (χ1v) is 13.6. The first-order chi connectivity index (χ1) is 19.2. The zero-order valence-corrected chi connectivity index (χ0v) is 22.8. The predicted molar refractivity (Wildman–Crippen MR) is 147 cm³/mol. The van der Waals surface area contributed by atoms with Crippen molar-refractivity contribution in [3.05, 3.63) is 77.8 Å². The summed E-state index contributed by atoms with van der Waals surface area (Å²) >= 11 is 0. The van der Waals surface area contributed by atoms with Crippen LogP contribution >= 0.6 is 0 Å². The lowest BCUT2D eigenvalue weighted by molar-refractivity contribution is -0.134. The van der Waals surface area contributed by atoms with Crippen LogP contribution in [-0.2, 0) is 9.59 Å². The minimum absolute atomic E-state index is 0.00812. The van der Waals surface area contributed by atoms with Crippen LogP contribution in [-0.4, -0.2) is 57.6 Å². The molecule has 0 bridgehead atoms. The molecule has 1 fully saturated rings. The van der Waals surface area contributed by atoms with E-state index in [1.165, 1.54) is 12.3 Å². The number of carbonyl (C=O) groups is 3. The van der Waals surface area contributed by atoms with Crippen LogP contribution in [0, 0.1) is 11.6 Å². The van der Waals surface area contributed by atoms with Gasteiger partial charge >= 0.3 is 0 Å². The number of aromatic nitrogens is 2. The van der Waals surface area contributed by atoms with Crippen LogP contribution in [0.15, 0.2) is 54.7 Å². The smallest absolute Gasteiger partial charge is 0.237 e. The highest BCUT2D eigenvalue weighted by atomic mass is 19.1. The van der Waals surface area contributed by atoms with E-state index >= 15 is 0 Å². The summed E-state index contributed by atoms with van der Waals surface area (Å²) in [5.74, 6) is -1.60. The van der Waals surface area contributed by atoms with Crippen molar-refractivity contribution in [3.8, 4) is 11.3 Å². The van der Waals surface area contributed by atoms with Crippen LogP contribution in [0.5, 0.6) is 0 Å². The third-order valence-electron chi connectivity index (χ3n) is 7.28. The van der Waals surface area contributed by atoms with Crippen molar-refractivity contribution < 1.29 is 23.2 Å². The minimum atomic E-state index is -0.803. The standard InChI is InChI=1S/C30H35F2N5O3/c1-19-8-6-7-15-37(19)28(39)14-13-25(33-18-27(38)21-9-4-3-5-10-21)30(40)35-20(2)29-34-17-26(36-29)23-12-11-22(31)16-24(23)32/h3-5,9-12,16-17,19-20,25,33H,6-8,13-15,18H2,1-2H3,(H,34,36)(H,35,40)/t19-,20-,25-/m0/s1. The van der Waals surface area contributed by atoms with Gasteiger partial charge in [-0.2, -0.15) is 0 Å². The van der Waals surface area contributed by atoms with E-state index in [4.69, 9.17) is 0 Å². The molecule has 2 heterocycles. The zero-order chi connectivity index (χ0) is 28.6. The maximum Gasteiger partial charge on any atom is 0.237 e. The van der Waals surface area contributed by atoms with Gasteiger partial charge in [0.05, 0.1) is 30.5 Å². The average Bonchev–Trinajstić information content (AvgIpc) is 3.43. The van der Waals surface area contributed by atoms with Gasteiger partial charge in [0.15, 0.2) is 5.78 Å². The molecule has 4 rings (SSSR count). The van der Waals surface area contributed by atoms with Crippen molar-refractivity contribution in [2.24, 2.45) is 0 Å². The molecule has 3 atom stereocenters. The van der Waals surface area contributed by atoms with Gasteiger partial charge in [0.25, 0.3) is 0 Å². The molecule has 2 amide bonds. The number of hydrogen-bond donors (Lipinski definition) is 3. The summed E-state index contributed by atoms with van der Waals surface area (Å²) < 4.78 is 27.5. The Bertz CT molecular complexity index is 1330. The van der Waals surface area contributed by atoms with Gasteiger partial charge in [0.1, 0.15) is 17.5 Å². The number of rotatable bonds is 11. The fourth-order valence-corrected chi connectivity index (χ4v) is 4.93. The van der Waals surface area contributed by atoms with E-state index in [9.17, 15) is 23.2 Å². The number of nitrogens with one attached hydrogen (secondary N) is 3. The second kappa shape index (κ2) is 13.4. The number of amides is 2. The van der Waals surface area contributed by atoms with E-state index in [-0.39, 0.29) is 42.7 Å². The number of likely N-dealkylation sites (tertiary alicyclic amines) is 1. The van der Waals surface area contributed by atoms with Crippen molar-refractivity contribution in [2.45, 2.75) is 64.1 Å². The Kier molecular flexibility index (Phi) is 9.76. The molecule has 0 spiro atoms. The third-order valence-corrected chi connectivity index (χ3v) is 7.28. The lowest BCUT2D eigenvalue weighted by Crippen LogP contribution is -2.48. The summed E-state index contributed by atoms with van der Waals surface area (Å²) in [5, 5.41) is 5.92. The number of ketones is 1. The van der Waals surface area contributed by atoms with Crippen LogP contribution in [0.1, 0.15) is 68.2 Å². The van der Waals surface area contributed by atoms with Gasteiger partial charge in [-0.1, -0.05) is 30.3 Å². The van der Waals surface area contributed by atoms with Gasteiger partial charge in [0.2, 0.25) is 11.8 Å². The first-order valence-electron chi connectivity index (χ1n) is 13.6. The van der Waals surface area contributed by atoms with E-state index < -0.39 is 29.6 Å². The topological polar surface area (TPSA) is 107 Å². The molecule has 1 aliphatic rings. The summed E-state index contributed by atoms with van der Waals surface area (Å²) in [7, 11) is 0. The molecule has 1 saturated heterocycles. The molecule has 0 radical (unpaired) electrons. The van der Waals surface area contributed by atoms with Crippen molar-refractivity contribution in [1.82, 2.24) is 25.5 Å². The monoisotopic (exact) mass is 551 g/mol. The third kappa shape index (κ3) is 7.38. The zero-order valence-electron chi connectivity index (χ0n) is 22.8. The highest BCUT2D eigenvalue weighted by Gasteiger charge is 2.27. The molecule has 3 aromatic rings. The normalized spacial score (nSPS) is 16.8. The molecule has 8 nitrogen and oxygen atoms in total. The summed E-state index contributed by atoms with van der Waals surface area (Å²) in [6.45, 7) is 4.40. The number of imidazole rings is 1. The Morgan fingerprint density at radius 1 is 1.12 bits per heavy atom. The molecule has 1 aromatic heterocycles. The average molecular weight is 552 g/mol. The number of H-pyrrole nitrogens is 1. The lowest BCUT2D eigenvalue weighted by Gasteiger charge is -2.34. The summed E-state index contributed by atoms with van der Waals surface area (Å²) in [6.07, 6.45) is 4.82. The highest BCUT2D eigenvalue weighted by Crippen LogP contribution is 2.23. The van der Waals surface area contributed by atoms with Crippen LogP contribution in [0.3, 0.4) is 0 Å². The van der Waals surface area contributed by atoms with Gasteiger partial charge in [-0.05, 0) is 51.7 Å². The predicted octanol–water partition coefficient (Wildman–Crippen LogP) is 4.55. The van der Waals surface area contributed by atoms with Gasteiger partial charge in [-0.15, -0.1) is 0 Å². The van der Waals surface area contributed by atoms with Gasteiger partial charge < -0.3 is 15.2 Å². The van der Waals surface area contributed by atoms with Crippen molar-refractivity contribution in [2.75, 3.05) is 13.1 Å². The Labute approximate surface area is 232 Å². The quantitative estimate of drug-likeness (QED) is 0.303. The molecule has 212 valence electrons. The number of benzene rings is 2. The Balaban J connectivity index is 1.42. The number of nitrogens with zero attached hydrogens (tertiary/aromatic N) is 2. The highest BCUT2D eigenvalue weighted by molar-refractivity contribution is 5.98. The molecular weight excluding hydrogens is 516 g/mol. The number of carbonyl (C=O) groups excluding carboxylic acids is 3. The second-order valence-corrected chi connectivity index (χ2v) is 10.2. The van der Waals surface area contributed by atoms with Crippen molar-refractivity contribution >= 4 is 17.6 Å². The number of piperidine rings is 1. The van der Waals surface area contributed by atoms with E-state index in [0.29, 0.717) is 23.6 Å². The van der Waals surface area contributed by atoms with E-state index in [1.807, 2.05) is 17.9 Å². The second-order valence-electron chi connectivity index (χ2n) is 10.2. The fourth-order valence-electron chi connectivity index (χ4n) is 4.93. The first kappa shape index (κ1) is 29.1. The number of Topliss-reactive ketones (excluding diaryl/α,β-unsaturated/α-hetero) is 1. The summed E-state index contributed by atoms with van der Waals surface area (Å²) in [6, 6.07) is 10.8. The molecule has 0 saturated carbocycles. The molecule has 0 unspecified atom stereocenters. The summed E-state index contributed by atoms with van der Waals surface area (Å²) in [4.78, 5) is 48.1. The Morgan fingerprint density at radius 3 is 2.62 bits per heavy atom. The molecular formula is C30H35F2N5O3.